The van der Waals surface area contributed by atoms with Crippen LogP contribution in [0.4, 0.5) is 0 Å². The molecule has 0 aliphatic heterocycles. The third-order valence-electron chi connectivity index (χ3n) is 2.93. The fourth-order valence-electron chi connectivity index (χ4n) is 1.86. The predicted octanol–water partition coefficient (Wildman–Crippen LogP) is 4.91. The van der Waals surface area contributed by atoms with Crippen LogP contribution in [0.25, 0.3) is 0 Å². The average molecular weight is 258 g/mol. The van der Waals surface area contributed by atoms with Crippen molar-refractivity contribution in [2.75, 3.05) is 0 Å². The highest BCUT2D eigenvalue weighted by Crippen LogP contribution is 2.20. The topological polar surface area (TPSA) is 12.4 Å². The van der Waals surface area contributed by atoms with Crippen LogP contribution in [-0.4, -0.2) is 5.71 Å². The zero-order valence-electron chi connectivity index (χ0n) is 10.6. The van der Waals surface area contributed by atoms with E-state index in [0.717, 1.165) is 10.7 Å². The highest BCUT2D eigenvalue weighted by molar-refractivity contribution is 6.30. The van der Waals surface area contributed by atoms with Crippen molar-refractivity contribution in [2.24, 2.45) is 4.99 Å². The molecule has 0 spiro atoms. The summed E-state index contributed by atoms with van der Waals surface area (Å²) in [5.41, 5.74) is 3.39. The molecule has 0 aliphatic carbocycles. The van der Waals surface area contributed by atoms with E-state index in [1.165, 1.54) is 11.1 Å². The molecule has 1 nitrogen and oxygen atoms in total. The summed E-state index contributed by atoms with van der Waals surface area (Å²) in [6.07, 6.45) is 0. The molecule has 1 atom stereocenters. The van der Waals surface area contributed by atoms with Gasteiger partial charge in [0.05, 0.1) is 6.04 Å². The number of rotatable bonds is 3. The molecular weight excluding hydrogens is 242 g/mol. The molecule has 0 amide bonds. The van der Waals surface area contributed by atoms with Gasteiger partial charge in [0.2, 0.25) is 0 Å². The lowest BCUT2D eigenvalue weighted by atomic mass is 10.1. The van der Waals surface area contributed by atoms with Gasteiger partial charge in [0.15, 0.2) is 0 Å². The molecule has 2 aromatic carbocycles. The smallest absolute Gasteiger partial charge is 0.0724 e. The second-order valence-electron chi connectivity index (χ2n) is 4.31. The molecule has 0 radical (unpaired) electrons. The second kappa shape index (κ2) is 5.83. The van der Waals surface area contributed by atoms with Crippen molar-refractivity contribution in [3.05, 3.63) is 70.7 Å². The van der Waals surface area contributed by atoms with Gasteiger partial charge in [0.25, 0.3) is 0 Å². The zero-order valence-corrected chi connectivity index (χ0v) is 11.4. The Balaban J connectivity index is 2.20. The summed E-state index contributed by atoms with van der Waals surface area (Å²) in [6.45, 7) is 4.14. The van der Waals surface area contributed by atoms with Gasteiger partial charge in [-0.3, -0.25) is 4.99 Å². The molecule has 0 bridgehead atoms. The van der Waals surface area contributed by atoms with E-state index < -0.39 is 0 Å². The van der Waals surface area contributed by atoms with E-state index in [4.69, 9.17) is 16.6 Å². The molecule has 0 saturated carbocycles. The molecule has 18 heavy (non-hydrogen) atoms. The van der Waals surface area contributed by atoms with Gasteiger partial charge in [-0.1, -0.05) is 54.1 Å². The molecule has 0 aliphatic rings. The standard InChI is InChI=1S/C16H16ClN/c1-12(14-6-4-3-5-7-14)18-13(2)15-8-10-16(17)11-9-15/h3-11,13H,1-2H3/b18-12-/t13-/m1/s1. The van der Waals surface area contributed by atoms with Gasteiger partial charge in [0.1, 0.15) is 0 Å². The van der Waals surface area contributed by atoms with Crippen molar-refractivity contribution >= 4 is 17.3 Å². The highest BCUT2D eigenvalue weighted by Gasteiger charge is 2.04. The van der Waals surface area contributed by atoms with Gasteiger partial charge in [-0.25, -0.2) is 0 Å². The van der Waals surface area contributed by atoms with E-state index in [2.05, 4.69) is 19.1 Å². The molecular formula is C16H16ClN. The summed E-state index contributed by atoms with van der Waals surface area (Å²) < 4.78 is 0. The molecule has 2 rings (SSSR count). The van der Waals surface area contributed by atoms with Crippen LogP contribution in [0.5, 0.6) is 0 Å². The number of hydrogen-bond acceptors (Lipinski definition) is 1. The minimum absolute atomic E-state index is 0.141. The van der Waals surface area contributed by atoms with Crippen LogP contribution in [0, 0.1) is 0 Å². The van der Waals surface area contributed by atoms with Crippen molar-refractivity contribution in [1.29, 1.82) is 0 Å². The number of hydrogen-bond donors (Lipinski definition) is 0. The maximum atomic E-state index is 5.88. The van der Waals surface area contributed by atoms with E-state index >= 15 is 0 Å². The average Bonchev–Trinajstić information content (AvgIpc) is 2.40. The Hall–Kier alpha value is -1.60. The Labute approximate surface area is 113 Å². The second-order valence-corrected chi connectivity index (χ2v) is 4.74. The molecule has 2 aromatic rings. The summed E-state index contributed by atoms with van der Waals surface area (Å²) >= 11 is 5.88. The summed E-state index contributed by atoms with van der Waals surface area (Å²) in [6, 6.07) is 18.2. The first-order valence-corrected chi connectivity index (χ1v) is 6.40. The van der Waals surface area contributed by atoms with Crippen LogP contribution < -0.4 is 0 Å². The highest BCUT2D eigenvalue weighted by atomic mass is 35.5. The van der Waals surface area contributed by atoms with Gasteiger partial charge < -0.3 is 0 Å². The van der Waals surface area contributed by atoms with E-state index in [-0.39, 0.29) is 6.04 Å². The summed E-state index contributed by atoms with van der Waals surface area (Å²) in [5.74, 6) is 0. The van der Waals surface area contributed by atoms with E-state index in [0.29, 0.717) is 0 Å². The molecule has 2 heteroatoms. The lowest BCUT2D eigenvalue weighted by Gasteiger charge is -2.09. The first kappa shape index (κ1) is 12.8. The minimum atomic E-state index is 0.141. The monoisotopic (exact) mass is 257 g/mol. The summed E-state index contributed by atoms with van der Waals surface area (Å²) in [7, 11) is 0. The van der Waals surface area contributed by atoms with Gasteiger partial charge >= 0.3 is 0 Å². The Morgan fingerprint density at radius 1 is 1.00 bits per heavy atom. The van der Waals surface area contributed by atoms with Gasteiger partial charge in [-0.2, -0.15) is 0 Å². The van der Waals surface area contributed by atoms with Crippen molar-refractivity contribution < 1.29 is 0 Å². The van der Waals surface area contributed by atoms with Gasteiger partial charge in [-0.15, -0.1) is 0 Å². The Bertz CT molecular complexity index is 529. The number of aliphatic imine (C=N–C) groups is 1. The van der Waals surface area contributed by atoms with Crippen molar-refractivity contribution in [1.82, 2.24) is 0 Å². The fraction of sp³-hybridized carbons (Fsp3) is 0.188. The predicted molar refractivity (Wildman–Crippen MR) is 78.5 cm³/mol. The number of nitrogens with zero attached hydrogens (tertiary/aromatic N) is 1. The van der Waals surface area contributed by atoms with Crippen molar-refractivity contribution in [3.8, 4) is 0 Å². The van der Waals surface area contributed by atoms with Crippen molar-refractivity contribution in [2.45, 2.75) is 19.9 Å². The Kier molecular flexibility index (Phi) is 4.16. The first-order valence-electron chi connectivity index (χ1n) is 6.02. The Morgan fingerprint density at radius 2 is 1.61 bits per heavy atom. The van der Waals surface area contributed by atoms with E-state index in [1.807, 2.05) is 49.4 Å². The third kappa shape index (κ3) is 3.21. The Morgan fingerprint density at radius 3 is 2.22 bits per heavy atom. The maximum Gasteiger partial charge on any atom is 0.0724 e. The molecule has 0 aromatic heterocycles. The number of benzene rings is 2. The van der Waals surface area contributed by atoms with Crippen LogP contribution in [0.3, 0.4) is 0 Å². The largest absolute Gasteiger partial charge is 0.282 e. The van der Waals surface area contributed by atoms with Crippen LogP contribution in [0.2, 0.25) is 5.02 Å². The molecule has 0 fully saturated rings. The molecule has 92 valence electrons. The van der Waals surface area contributed by atoms with Crippen molar-refractivity contribution in [3.63, 3.8) is 0 Å². The van der Waals surface area contributed by atoms with Crippen LogP contribution in [0.1, 0.15) is 31.0 Å². The first-order chi connectivity index (χ1) is 8.66. The normalized spacial score (nSPS) is 13.4. The third-order valence-corrected chi connectivity index (χ3v) is 3.18. The van der Waals surface area contributed by atoms with E-state index in [9.17, 15) is 0 Å². The number of halogens is 1. The quantitative estimate of drug-likeness (QED) is 0.693. The minimum Gasteiger partial charge on any atom is -0.282 e. The molecule has 0 unspecified atom stereocenters. The van der Waals surface area contributed by atoms with Crippen LogP contribution >= 0.6 is 11.6 Å². The SMILES string of the molecule is C/C(=N/[C@H](C)c1ccc(Cl)cc1)c1ccccc1. The lowest BCUT2D eigenvalue weighted by molar-refractivity contribution is 0.820. The van der Waals surface area contributed by atoms with Crippen LogP contribution in [0.15, 0.2) is 59.6 Å². The summed E-state index contributed by atoms with van der Waals surface area (Å²) in [4.78, 5) is 4.72. The maximum absolute atomic E-state index is 5.88. The zero-order chi connectivity index (χ0) is 13.0. The van der Waals surface area contributed by atoms with Gasteiger partial charge in [-0.05, 0) is 37.1 Å². The molecule has 0 saturated heterocycles. The summed E-state index contributed by atoms with van der Waals surface area (Å²) in [5, 5.41) is 0.759. The van der Waals surface area contributed by atoms with Crippen LogP contribution in [-0.2, 0) is 0 Å². The lowest BCUT2D eigenvalue weighted by Crippen LogP contribution is -1.98. The fourth-order valence-corrected chi connectivity index (χ4v) is 1.99. The molecule has 0 heterocycles. The molecule has 0 N–H and O–H groups in total. The van der Waals surface area contributed by atoms with E-state index in [1.54, 1.807) is 0 Å². The van der Waals surface area contributed by atoms with Gasteiger partial charge in [0, 0.05) is 10.7 Å².